The fraction of sp³-hybridized carbons (Fsp3) is 0.375. The van der Waals surface area contributed by atoms with Gasteiger partial charge in [0.2, 0.25) is 0 Å². The number of aromatic nitrogens is 1. The van der Waals surface area contributed by atoms with Crippen LogP contribution in [0, 0.1) is 5.82 Å². The van der Waals surface area contributed by atoms with E-state index in [1.165, 1.54) is 39.4 Å². The van der Waals surface area contributed by atoms with Gasteiger partial charge in [0.15, 0.2) is 11.4 Å². The molecular formula is C24H28FN5O5. The predicted octanol–water partition coefficient (Wildman–Crippen LogP) is 1.000. The highest BCUT2D eigenvalue weighted by Gasteiger charge is 2.31. The summed E-state index contributed by atoms with van der Waals surface area (Å²) < 4.78 is 18.4. The van der Waals surface area contributed by atoms with Gasteiger partial charge in [0.05, 0.1) is 12.8 Å². The number of rotatable bonds is 7. The third-order valence-electron chi connectivity index (χ3n) is 5.66. The first-order valence-corrected chi connectivity index (χ1v) is 11.0. The van der Waals surface area contributed by atoms with Crippen LogP contribution in [-0.2, 0) is 16.1 Å². The summed E-state index contributed by atoms with van der Waals surface area (Å²) in [4.78, 5) is 58.9. The van der Waals surface area contributed by atoms with Crippen LogP contribution in [0.3, 0.4) is 0 Å². The summed E-state index contributed by atoms with van der Waals surface area (Å²) in [5, 5.41) is 0. The van der Waals surface area contributed by atoms with Gasteiger partial charge in [0.1, 0.15) is 11.5 Å². The largest absolute Gasteiger partial charge is 0.494 e. The number of carbonyl (C=O) groups excluding carboxylic acids is 4. The summed E-state index contributed by atoms with van der Waals surface area (Å²) in [6, 6.07) is 7.54. The van der Waals surface area contributed by atoms with E-state index in [0.717, 1.165) is 17.0 Å². The van der Waals surface area contributed by atoms with Gasteiger partial charge < -0.3 is 20.3 Å². The zero-order chi connectivity index (χ0) is 25.7. The number of anilines is 1. The van der Waals surface area contributed by atoms with Crippen LogP contribution in [0.4, 0.5) is 10.1 Å². The Morgan fingerprint density at radius 2 is 1.74 bits per heavy atom. The Bertz CT molecular complexity index is 1140. The van der Waals surface area contributed by atoms with Crippen molar-refractivity contribution in [2.75, 3.05) is 53.1 Å². The lowest BCUT2D eigenvalue weighted by Crippen LogP contribution is -2.37. The van der Waals surface area contributed by atoms with E-state index in [2.05, 4.69) is 9.88 Å². The number of hydrogen-bond acceptors (Lipinski definition) is 8. The molecule has 1 aromatic heterocycles. The van der Waals surface area contributed by atoms with Crippen LogP contribution in [0.15, 0.2) is 30.3 Å². The molecule has 3 rings (SSSR count). The molecule has 0 spiro atoms. The molecule has 11 heteroatoms. The van der Waals surface area contributed by atoms with Gasteiger partial charge in [-0.2, -0.15) is 0 Å². The highest BCUT2D eigenvalue weighted by atomic mass is 19.1. The number of benzene rings is 1. The SMILES string of the molecule is COc1cc(N)c(C(=O)C(=O)C(=O)N(C)C)nc1C(=O)N1CCCN(Cc2ccc(F)cc2)CC1. The summed E-state index contributed by atoms with van der Waals surface area (Å²) in [5.41, 5.74) is 6.04. The molecule has 1 aromatic carbocycles. The molecule has 0 saturated carbocycles. The van der Waals surface area contributed by atoms with Crippen LogP contribution in [0.5, 0.6) is 5.75 Å². The standard InChI is InChI=1S/C24H28FN5O5/c1-28(2)24(34)22(32)21(31)19-17(26)13-18(35-3)20(27-19)23(33)30-10-4-9-29(11-12-30)14-15-5-7-16(25)8-6-15/h5-8,13H,4,9-12,14,26H2,1-3H3. The lowest BCUT2D eigenvalue weighted by Gasteiger charge is -2.23. The molecule has 2 amide bonds. The second-order valence-electron chi connectivity index (χ2n) is 8.38. The summed E-state index contributed by atoms with van der Waals surface area (Å²) >= 11 is 0. The maximum absolute atomic E-state index is 13.3. The first-order chi connectivity index (χ1) is 16.6. The molecule has 0 aliphatic carbocycles. The van der Waals surface area contributed by atoms with E-state index in [0.29, 0.717) is 32.6 Å². The van der Waals surface area contributed by atoms with Crippen molar-refractivity contribution in [3.05, 3.63) is 53.1 Å². The summed E-state index contributed by atoms with van der Waals surface area (Å²) in [5.74, 6) is -4.23. The van der Waals surface area contributed by atoms with E-state index in [4.69, 9.17) is 10.5 Å². The number of ketones is 2. The number of halogens is 1. The molecule has 2 aromatic rings. The van der Waals surface area contributed by atoms with Crippen molar-refractivity contribution in [1.82, 2.24) is 19.7 Å². The van der Waals surface area contributed by atoms with Crippen LogP contribution < -0.4 is 10.5 Å². The van der Waals surface area contributed by atoms with Gasteiger partial charge in [-0.05, 0) is 24.1 Å². The van der Waals surface area contributed by atoms with Gasteiger partial charge in [-0.15, -0.1) is 0 Å². The number of nitrogen functional groups attached to an aromatic ring is 1. The van der Waals surface area contributed by atoms with Crippen molar-refractivity contribution >= 4 is 29.1 Å². The molecule has 35 heavy (non-hydrogen) atoms. The van der Waals surface area contributed by atoms with Crippen molar-refractivity contribution in [2.24, 2.45) is 0 Å². The van der Waals surface area contributed by atoms with Crippen molar-refractivity contribution in [2.45, 2.75) is 13.0 Å². The molecule has 2 N–H and O–H groups in total. The zero-order valence-corrected chi connectivity index (χ0v) is 19.9. The number of pyridine rings is 1. The van der Waals surface area contributed by atoms with Gasteiger partial charge in [0, 0.05) is 52.9 Å². The lowest BCUT2D eigenvalue weighted by atomic mass is 10.1. The Morgan fingerprint density at radius 1 is 1.06 bits per heavy atom. The van der Waals surface area contributed by atoms with Crippen molar-refractivity contribution in [3.63, 3.8) is 0 Å². The number of carbonyl (C=O) groups is 4. The highest BCUT2D eigenvalue weighted by molar-refractivity contribution is 6.66. The Hall–Kier alpha value is -3.86. The molecule has 1 saturated heterocycles. The van der Waals surface area contributed by atoms with Crippen LogP contribution in [0.25, 0.3) is 0 Å². The van der Waals surface area contributed by atoms with Crippen LogP contribution >= 0.6 is 0 Å². The smallest absolute Gasteiger partial charge is 0.298 e. The summed E-state index contributed by atoms with van der Waals surface area (Å²) in [6.45, 7) is 2.75. The Morgan fingerprint density at radius 3 is 2.37 bits per heavy atom. The Balaban J connectivity index is 1.79. The van der Waals surface area contributed by atoms with Gasteiger partial charge in [-0.25, -0.2) is 9.37 Å². The van der Waals surface area contributed by atoms with Crippen LogP contribution in [0.2, 0.25) is 0 Å². The van der Waals surface area contributed by atoms with E-state index >= 15 is 0 Å². The average molecular weight is 486 g/mol. The molecule has 1 fully saturated rings. The Labute approximate surface area is 202 Å². The number of hydrogen-bond donors (Lipinski definition) is 1. The zero-order valence-electron chi connectivity index (χ0n) is 19.9. The number of ether oxygens (including phenoxy) is 1. The number of Topliss-reactive ketones (excluding diaryl/α,β-unsaturated/α-hetero) is 2. The third-order valence-corrected chi connectivity index (χ3v) is 5.66. The average Bonchev–Trinajstić information content (AvgIpc) is 3.08. The molecule has 186 valence electrons. The third kappa shape index (κ3) is 5.99. The minimum absolute atomic E-state index is 0.0582. The van der Waals surface area contributed by atoms with Gasteiger partial charge in [-0.1, -0.05) is 12.1 Å². The van der Waals surface area contributed by atoms with Crippen molar-refractivity contribution < 1.29 is 28.3 Å². The van der Waals surface area contributed by atoms with Crippen molar-refractivity contribution in [1.29, 1.82) is 0 Å². The summed E-state index contributed by atoms with van der Waals surface area (Å²) in [7, 11) is 4.01. The van der Waals surface area contributed by atoms with E-state index in [1.807, 2.05) is 0 Å². The normalized spacial score (nSPS) is 14.2. The minimum Gasteiger partial charge on any atom is -0.494 e. The topological polar surface area (TPSA) is 126 Å². The fourth-order valence-corrected chi connectivity index (χ4v) is 3.74. The highest BCUT2D eigenvalue weighted by Crippen LogP contribution is 2.25. The van der Waals surface area contributed by atoms with Gasteiger partial charge in [-0.3, -0.25) is 24.1 Å². The molecule has 2 heterocycles. The number of nitrogens with zero attached hydrogens (tertiary/aromatic N) is 4. The molecule has 1 aliphatic rings. The second-order valence-corrected chi connectivity index (χ2v) is 8.38. The maximum Gasteiger partial charge on any atom is 0.298 e. The molecule has 0 atom stereocenters. The molecular weight excluding hydrogens is 457 g/mol. The second kappa shape index (κ2) is 11.0. The maximum atomic E-state index is 13.3. The van der Waals surface area contributed by atoms with E-state index < -0.39 is 29.1 Å². The van der Waals surface area contributed by atoms with E-state index in [9.17, 15) is 23.6 Å². The molecule has 0 bridgehead atoms. The van der Waals surface area contributed by atoms with Crippen LogP contribution in [0.1, 0.15) is 33.0 Å². The quantitative estimate of drug-likeness (QED) is 0.350. The first kappa shape index (κ1) is 25.8. The Kier molecular flexibility index (Phi) is 8.13. The fourth-order valence-electron chi connectivity index (χ4n) is 3.74. The van der Waals surface area contributed by atoms with Crippen LogP contribution in [-0.4, -0.2) is 90.4 Å². The predicted molar refractivity (Wildman–Crippen MR) is 125 cm³/mol. The van der Waals surface area contributed by atoms with E-state index in [1.54, 1.807) is 17.0 Å². The lowest BCUT2D eigenvalue weighted by molar-refractivity contribution is -0.140. The molecule has 0 unspecified atom stereocenters. The number of amides is 2. The minimum atomic E-state index is -1.30. The molecule has 10 nitrogen and oxygen atoms in total. The molecule has 0 radical (unpaired) electrons. The number of likely N-dealkylation sites (N-methyl/N-ethyl adjacent to an activating group) is 1. The van der Waals surface area contributed by atoms with E-state index in [-0.39, 0.29) is 22.9 Å². The van der Waals surface area contributed by atoms with Gasteiger partial charge >= 0.3 is 0 Å². The summed E-state index contributed by atoms with van der Waals surface area (Å²) in [6.07, 6.45) is 0.686. The monoisotopic (exact) mass is 485 g/mol. The number of methoxy groups -OCH3 is 1. The van der Waals surface area contributed by atoms with Crippen molar-refractivity contribution in [3.8, 4) is 5.75 Å². The molecule has 1 aliphatic heterocycles. The number of nitrogens with two attached hydrogens (primary N) is 1. The van der Waals surface area contributed by atoms with Gasteiger partial charge in [0.25, 0.3) is 23.4 Å². The first-order valence-electron chi connectivity index (χ1n) is 11.0.